The van der Waals surface area contributed by atoms with E-state index in [1.165, 1.54) is 6.92 Å². The number of amides is 3. The molecule has 0 aliphatic heterocycles. The van der Waals surface area contributed by atoms with E-state index in [1.54, 1.807) is 6.92 Å². The summed E-state index contributed by atoms with van der Waals surface area (Å²) >= 11 is 0. The quantitative estimate of drug-likeness (QED) is 0.255. The molecular weight excluding hydrogens is 320 g/mol. The van der Waals surface area contributed by atoms with Gasteiger partial charge in [-0.1, -0.05) is 20.3 Å². The number of aliphatic hydroxyl groups excluding tert-OH is 1. The summed E-state index contributed by atoms with van der Waals surface area (Å²) in [5.41, 5.74) is 5.46. The third-order valence-electron chi connectivity index (χ3n) is 3.45. The molecule has 3 amide bonds. The van der Waals surface area contributed by atoms with Gasteiger partial charge in [-0.25, -0.2) is 4.79 Å². The van der Waals surface area contributed by atoms with Crippen molar-refractivity contribution in [1.82, 2.24) is 16.0 Å². The van der Waals surface area contributed by atoms with Gasteiger partial charge >= 0.3 is 5.97 Å². The minimum atomic E-state index is -1.45. The van der Waals surface area contributed by atoms with Crippen LogP contribution in [0.15, 0.2) is 0 Å². The van der Waals surface area contributed by atoms with Gasteiger partial charge in [-0.05, 0) is 12.8 Å². The van der Waals surface area contributed by atoms with E-state index in [-0.39, 0.29) is 5.92 Å². The first-order chi connectivity index (χ1) is 11.1. The van der Waals surface area contributed by atoms with Gasteiger partial charge < -0.3 is 31.9 Å². The molecule has 0 bridgehead atoms. The number of aliphatic hydroxyl groups is 1. The molecule has 10 nitrogen and oxygen atoms in total. The van der Waals surface area contributed by atoms with Crippen molar-refractivity contribution >= 4 is 23.7 Å². The molecule has 0 saturated heterocycles. The van der Waals surface area contributed by atoms with Crippen molar-refractivity contribution in [2.75, 3.05) is 13.2 Å². The van der Waals surface area contributed by atoms with Gasteiger partial charge in [0, 0.05) is 0 Å². The molecule has 0 aliphatic rings. The maximum Gasteiger partial charge on any atom is 0.328 e. The van der Waals surface area contributed by atoms with Crippen LogP contribution in [0.1, 0.15) is 27.2 Å². The van der Waals surface area contributed by atoms with Gasteiger partial charge in [0.05, 0.1) is 19.2 Å². The van der Waals surface area contributed by atoms with Crippen molar-refractivity contribution in [2.45, 2.75) is 45.3 Å². The van der Waals surface area contributed by atoms with Crippen molar-refractivity contribution in [1.29, 1.82) is 0 Å². The van der Waals surface area contributed by atoms with E-state index in [2.05, 4.69) is 16.0 Å². The zero-order chi connectivity index (χ0) is 18.9. The van der Waals surface area contributed by atoms with E-state index in [0.717, 1.165) is 0 Å². The Morgan fingerprint density at radius 2 is 1.67 bits per heavy atom. The molecule has 7 N–H and O–H groups in total. The monoisotopic (exact) mass is 346 g/mol. The molecule has 0 spiro atoms. The molecule has 4 atom stereocenters. The third kappa shape index (κ3) is 7.38. The predicted molar refractivity (Wildman–Crippen MR) is 84.7 cm³/mol. The molecule has 138 valence electrons. The first-order valence-corrected chi connectivity index (χ1v) is 7.60. The lowest BCUT2D eigenvalue weighted by Crippen LogP contribution is -2.55. The fraction of sp³-hybridized carbons (Fsp3) is 0.714. The van der Waals surface area contributed by atoms with Crippen molar-refractivity contribution in [3.05, 3.63) is 0 Å². The molecule has 0 saturated carbocycles. The second kappa shape index (κ2) is 10.6. The van der Waals surface area contributed by atoms with Gasteiger partial charge in [0.2, 0.25) is 17.7 Å². The molecule has 0 rings (SSSR count). The van der Waals surface area contributed by atoms with Crippen LogP contribution in [-0.2, 0) is 19.2 Å². The van der Waals surface area contributed by atoms with E-state index in [0.29, 0.717) is 6.42 Å². The highest BCUT2D eigenvalue weighted by molar-refractivity contribution is 5.92. The van der Waals surface area contributed by atoms with Crippen molar-refractivity contribution in [2.24, 2.45) is 11.7 Å². The van der Waals surface area contributed by atoms with Crippen molar-refractivity contribution in [3.63, 3.8) is 0 Å². The molecule has 10 heteroatoms. The second-order valence-electron chi connectivity index (χ2n) is 5.52. The summed E-state index contributed by atoms with van der Waals surface area (Å²) in [5.74, 6) is -3.43. The topological polar surface area (TPSA) is 171 Å². The zero-order valence-electron chi connectivity index (χ0n) is 14.0. The van der Waals surface area contributed by atoms with E-state index in [1.807, 2.05) is 6.92 Å². The second-order valence-corrected chi connectivity index (χ2v) is 5.52. The smallest absolute Gasteiger partial charge is 0.328 e. The molecule has 4 unspecified atom stereocenters. The lowest BCUT2D eigenvalue weighted by molar-refractivity contribution is -0.142. The Morgan fingerprint density at radius 1 is 1.08 bits per heavy atom. The average molecular weight is 346 g/mol. The van der Waals surface area contributed by atoms with Crippen LogP contribution in [-0.4, -0.2) is 65.2 Å². The van der Waals surface area contributed by atoms with Crippen LogP contribution in [0, 0.1) is 5.92 Å². The number of aliphatic carboxylic acids is 1. The summed E-state index contributed by atoms with van der Waals surface area (Å²) in [4.78, 5) is 46.2. The van der Waals surface area contributed by atoms with Crippen LogP contribution in [0.3, 0.4) is 0 Å². The van der Waals surface area contributed by atoms with Gasteiger partial charge in [-0.2, -0.15) is 0 Å². The number of carboxylic acid groups (broad SMARTS) is 1. The molecule has 0 aromatic carbocycles. The van der Waals surface area contributed by atoms with Crippen molar-refractivity contribution < 1.29 is 29.4 Å². The number of rotatable bonds is 10. The number of hydrogen-bond donors (Lipinski definition) is 6. The summed E-state index contributed by atoms with van der Waals surface area (Å²) in [6, 6.07) is -3.10. The molecule has 0 radical (unpaired) electrons. The summed E-state index contributed by atoms with van der Waals surface area (Å²) < 4.78 is 0. The van der Waals surface area contributed by atoms with Crippen LogP contribution in [0.4, 0.5) is 0 Å². The Labute approximate surface area is 140 Å². The van der Waals surface area contributed by atoms with E-state index in [9.17, 15) is 19.2 Å². The lowest BCUT2D eigenvalue weighted by atomic mass is 9.98. The molecule has 0 fully saturated rings. The summed E-state index contributed by atoms with van der Waals surface area (Å²) in [6.45, 7) is 3.83. The first kappa shape index (κ1) is 21.8. The van der Waals surface area contributed by atoms with E-state index < -0.39 is 55.0 Å². The van der Waals surface area contributed by atoms with Crippen LogP contribution in [0.5, 0.6) is 0 Å². The highest BCUT2D eigenvalue weighted by Crippen LogP contribution is 2.08. The molecule has 0 aromatic rings. The number of hydrogen-bond acceptors (Lipinski definition) is 6. The Balaban J connectivity index is 4.69. The minimum Gasteiger partial charge on any atom is -0.480 e. The van der Waals surface area contributed by atoms with Gasteiger partial charge in [0.25, 0.3) is 0 Å². The Bertz CT molecular complexity index is 468. The fourth-order valence-corrected chi connectivity index (χ4v) is 1.69. The molecule has 24 heavy (non-hydrogen) atoms. The van der Waals surface area contributed by atoms with Gasteiger partial charge in [-0.3, -0.25) is 14.4 Å². The Hall–Kier alpha value is -2.20. The van der Waals surface area contributed by atoms with Crippen LogP contribution < -0.4 is 21.7 Å². The normalized spacial score (nSPS) is 15.5. The van der Waals surface area contributed by atoms with Gasteiger partial charge in [-0.15, -0.1) is 0 Å². The third-order valence-corrected chi connectivity index (χ3v) is 3.45. The van der Waals surface area contributed by atoms with Crippen LogP contribution >= 0.6 is 0 Å². The highest BCUT2D eigenvalue weighted by Gasteiger charge is 2.27. The maximum absolute atomic E-state index is 12.2. The summed E-state index contributed by atoms with van der Waals surface area (Å²) in [5, 5.41) is 24.4. The number of carbonyl (C=O) groups excluding carboxylic acids is 3. The van der Waals surface area contributed by atoms with E-state index in [4.69, 9.17) is 15.9 Å². The first-order valence-electron chi connectivity index (χ1n) is 7.60. The Kier molecular flexibility index (Phi) is 9.58. The van der Waals surface area contributed by atoms with Crippen LogP contribution in [0.25, 0.3) is 0 Å². The predicted octanol–water partition coefficient (Wildman–Crippen LogP) is -2.46. The Morgan fingerprint density at radius 3 is 2.08 bits per heavy atom. The lowest BCUT2D eigenvalue weighted by Gasteiger charge is -2.24. The van der Waals surface area contributed by atoms with Crippen LogP contribution in [0.2, 0.25) is 0 Å². The number of nitrogens with two attached hydrogens (primary N) is 1. The minimum absolute atomic E-state index is 0.194. The SMILES string of the molecule is CCC(C)C(NC(=O)C(C)N)C(=O)NCC(=O)NC(CO)C(=O)O. The molecule has 0 heterocycles. The summed E-state index contributed by atoms with van der Waals surface area (Å²) in [7, 11) is 0. The highest BCUT2D eigenvalue weighted by atomic mass is 16.4. The summed E-state index contributed by atoms with van der Waals surface area (Å²) in [6.07, 6.45) is 0.606. The largest absolute Gasteiger partial charge is 0.480 e. The fourth-order valence-electron chi connectivity index (χ4n) is 1.69. The zero-order valence-corrected chi connectivity index (χ0v) is 14.0. The maximum atomic E-state index is 12.2. The van der Waals surface area contributed by atoms with Gasteiger partial charge in [0.1, 0.15) is 12.1 Å². The number of carboxylic acids is 1. The van der Waals surface area contributed by atoms with Crippen molar-refractivity contribution in [3.8, 4) is 0 Å². The molecular formula is C14H26N4O6. The molecule has 0 aliphatic carbocycles. The average Bonchev–Trinajstić information content (AvgIpc) is 2.53. The van der Waals surface area contributed by atoms with Gasteiger partial charge in [0.15, 0.2) is 0 Å². The number of nitrogens with one attached hydrogen (secondary N) is 3. The molecule has 0 aromatic heterocycles. The standard InChI is InChI=1S/C14H26N4O6/c1-4-7(2)11(18-12(21)8(3)15)13(22)16-5-10(20)17-9(6-19)14(23)24/h7-9,11,19H,4-6,15H2,1-3H3,(H,16,22)(H,17,20)(H,18,21)(H,23,24). The number of carbonyl (C=O) groups is 4. The van der Waals surface area contributed by atoms with E-state index >= 15 is 0 Å².